The van der Waals surface area contributed by atoms with Gasteiger partial charge in [0.25, 0.3) is 5.91 Å². The van der Waals surface area contributed by atoms with Crippen LogP contribution in [0.15, 0.2) is 52.4 Å². The van der Waals surface area contributed by atoms with Crippen LogP contribution in [0.4, 0.5) is 4.39 Å². The van der Waals surface area contributed by atoms with Crippen LogP contribution < -0.4 is 5.32 Å². The molecule has 26 heavy (non-hydrogen) atoms. The zero-order valence-corrected chi connectivity index (χ0v) is 14.3. The van der Waals surface area contributed by atoms with Crippen LogP contribution in [0.5, 0.6) is 0 Å². The number of carbonyl (C=O) groups is 1. The van der Waals surface area contributed by atoms with Crippen molar-refractivity contribution in [3.8, 4) is 0 Å². The third kappa shape index (κ3) is 3.62. The van der Waals surface area contributed by atoms with Crippen LogP contribution in [0.25, 0.3) is 0 Å². The Morgan fingerprint density at radius 2 is 2.12 bits per heavy atom. The molecule has 7 heteroatoms. The quantitative estimate of drug-likeness (QED) is 0.893. The first-order valence-electron chi connectivity index (χ1n) is 8.63. The third-order valence-electron chi connectivity index (χ3n) is 4.85. The molecule has 1 aromatic carbocycles. The zero-order valence-electron chi connectivity index (χ0n) is 14.3. The van der Waals surface area contributed by atoms with Gasteiger partial charge in [-0.1, -0.05) is 17.3 Å². The van der Waals surface area contributed by atoms with Gasteiger partial charge in [0.15, 0.2) is 5.60 Å². The molecule has 1 fully saturated rings. The van der Waals surface area contributed by atoms with Crippen molar-refractivity contribution < 1.29 is 18.4 Å². The van der Waals surface area contributed by atoms with E-state index in [1.807, 2.05) is 6.07 Å². The van der Waals surface area contributed by atoms with Crippen molar-refractivity contribution in [2.45, 2.75) is 31.5 Å². The van der Waals surface area contributed by atoms with Crippen LogP contribution in [0.1, 0.15) is 24.0 Å². The van der Waals surface area contributed by atoms with Gasteiger partial charge in [0, 0.05) is 44.6 Å². The molecule has 0 saturated carbocycles. The predicted octanol–water partition coefficient (Wildman–Crippen LogP) is 2.46. The maximum Gasteiger partial charge on any atom is 0.269 e. The summed E-state index contributed by atoms with van der Waals surface area (Å²) in [5.74, 6) is -0.531. The normalized spacial score (nSPS) is 22.4. The molecule has 1 N–H and O–H groups in total. The van der Waals surface area contributed by atoms with E-state index in [2.05, 4.69) is 15.4 Å². The largest absolute Gasteiger partial charge is 0.472 e. The SMILES string of the molecule is O=C(NCc1ccc(F)cc1)C1=NO[C@@]2(CCN(Cc3ccoc3)C2)C1. The van der Waals surface area contributed by atoms with Gasteiger partial charge in [0.2, 0.25) is 0 Å². The highest BCUT2D eigenvalue weighted by Crippen LogP contribution is 2.34. The van der Waals surface area contributed by atoms with Crippen LogP contribution in [0, 0.1) is 5.82 Å². The van der Waals surface area contributed by atoms with E-state index in [0.717, 1.165) is 37.2 Å². The molecule has 1 aromatic heterocycles. The Kier molecular flexibility index (Phi) is 4.46. The van der Waals surface area contributed by atoms with Crippen molar-refractivity contribution in [3.63, 3.8) is 0 Å². The average Bonchev–Trinajstić information content (AvgIpc) is 3.38. The van der Waals surface area contributed by atoms with Crippen molar-refractivity contribution in [2.75, 3.05) is 13.1 Å². The first-order valence-corrected chi connectivity index (χ1v) is 8.63. The highest BCUT2D eigenvalue weighted by Gasteiger charge is 2.46. The smallest absolute Gasteiger partial charge is 0.269 e. The van der Waals surface area contributed by atoms with E-state index in [1.165, 1.54) is 12.1 Å². The number of nitrogens with zero attached hydrogens (tertiary/aromatic N) is 2. The predicted molar refractivity (Wildman–Crippen MR) is 92.7 cm³/mol. The maximum absolute atomic E-state index is 12.9. The molecule has 2 aliphatic heterocycles. The Bertz CT molecular complexity index is 804. The summed E-state index contributed by atoms with van der Waals surface area (Å²) in [6.07, 6.45) is 4.75. The van der Waals surface area contributed by atoms with Gasteiger partial charge in [-0.3, -0.25) is 9.69 Å². The molecule has 0 aliphatic carbocycles. The van der Waals surface area contributed by atoms with E-state index in [0.29, 0.717) is 18.7 Å². The highest BCUT2D eigenvalue weighted by atomic mass is 19.1. The number of carbonyl (C=O) groups excluding carboxylic acids is 1. The van der Waals surface area contributed by atoms with E-state index >= 15 is 0 Å². The lowest BCUT2D eigenvalue weighted by Gasteiger charge is -2.21. The second kappa shape index (κ2) is 6.92. The summed E-state index contributed by atoms with van der Waals surface area (Å²) >= 11 is 0. The Hall–Kier alpha value is -2.67. The molecule has 3 heterocycles. The number of rotatable bonds is 5. The van der Waals surface area contributed by atoms with E-state index in [4.69, 9.17) is 9.25 Å². The fourth-order valence-electron chi connectivity index (χ4n) is 3.45. The minimum absolute atomic E-state index is 0.237. The van der Waals surface area contributed by atoms with Crippen LogP contribution in [0.2, 0.25) is 0 Å². The summed E-state index contributed by atoms with van der Waals surface area (Å²) in [5, 5.41) is 6.84. The average molecular weight is 357 g/mol. The molecule has 2 aromatic rings. The van der Waals surface area contributed by atoms with Gasteiger partial charge in [0.05, 0.1) is 12.5 Å². The number of oxime groups is 1. The molecule has 2 aliphatic rings. The number of hydrogen-bond acceptors (Lipinski definition) is 5. The lowest BCUT2D eigenvalue weighted by molar-refractivity contribution is -0.115. The summed E-state index contributed by atoms with van der Waals surface area (Å²) in [7, 11) is 0. The minimum atomic E-state index is -0.410. The lowest BCUT2D eigenvalue weighted by atomic mass is 9.96. The van der Waals surface area contributed by atoms with Gasteiger partial charge in [0.1, 0.15) is 11.5 Å². The highest BCUT2D eigenvalue weighted by molar-refractivity contribution is 6.39. The monoisotopic (exact) mass is 357 g/mol. The van der Waals surface area contributed by atoms with Crippen molar-refractivity contribution in [1.29, 1.82) is 0 Å². The molecular formula is C19H20FN3O3. The topological polar surface area (TPSA) is 67.1 Å². The molecule has 1 spiro atoms. The maximum atomic E-state index is 12.9. The summed E-state index contributed by atoms with van der Waals surface area (Å²) < 4.78 is 18.0. The first kappa shape index (κ1) is 16.8. The van der Waals surface area contributed by atoms with E-state index in [-0.39, 0.29) is 11.7 Å². The Morgan fingerprint density at radius 1 is 1.27 bits per heavy atom. The number of furan rings is 1. The molecule has 1 atom stereocenters. The molecule has 136 valence electrons. The van der Waals surface area contributed by atoms with Gasteiger partial charge in [-0.25, -0.2) is 4.39 Å². The van der Waals surface area contributed by atoms with Crippen molar-refractivity contribution in [3.05, 3.63) is 59.8 Å². The molecule has 0 radical (unpaired) electrons. The van der Waals surface area contributed by atoms with Crippen molar-refractivity contribution in [2.24, 2.45) is 5.16 Å². The first-order chi connectivity index (χ1) is 12.6. The summed E-state index contributed by atoms with van der Waals surface area (Å²) in [5.41, 5.74) is 1.96. The summed E-state index contributed by atoms with van der Waals surface area (Å²) in [6.45, 7) is 2.76. The molecular weight excluding hydrogens is 337 g/mol. The number of hydrogen-bond donors (Lipinski definition) is 1. The van der Waals surface area contributed by atoms with Crippen molar-refractivity contribution in [1.82, 2.24) is 10.2 Å². The van der Waals surface area contributed by atoms with Gasteiger partial charge in [-0.2, -0.15) is 0 Å². The number of likely N-dealkylation sites (tertiary alicyclic amines) is 1. The Morgan fingerprint density at radius 3 is 2.88 bits per heavy atom. The minimum Gasteiger partial charge on any atom is -0.472 e. The standard InChI is InChI=1S/C19H20FN3O3/c20-16-3-1-14(2-4-16)10-21-18(24)17-9-19(26-22-17)6-7-23(13-19)11-15-5-8-25-12-15/h1-5,8,12H,6-7,9-11,13H2,(H,21,24)/t19-/m0/s1. The van der Waals surface area contributed by atoms with Gasteiger partial charge >= 0.3 is 0 Å². The van der Waals surface area contributed by atoms with Gasteiger partial charge in [-0.05, 0) is 23.8 Å². The van der Waals surface area contributed by atoms with Crippen LogP contribution in [0.3, 0.4) is 0 Å². The van der Waals surface area contributed by atoms with Crippen LogP contribution in [-0.2, 0) is 22.7 Å². The molecule has 0 bridgehead atoms. The lowest BCUT2D eigenvalue weighted by Crippen LogP contribution is -2.36. The fraction of sp³-hybridized carbons (Fsp3) is 0.368. The number of amides is 1. The molecule has 1 amide bonds. The van der Waals surface area contributed by atoms with E-state index in [9.17, 15) is 9.18 Å². The fourth-order valence-corrected chi connectivity index (χ4v) is 3.45. The molecule has 1 saturated heterocycles. The van der Waals surface area contributed by atoms with Crippen molar-refractivity contribution >= 4 is 11.6 Å². The second-order valence-corrected chi connectivity index (χ2v) is 6.89. The van der Waals surface area contributed by atoms with Gasteiger partial charge < -0.3 is 14.6 Å². The molecule has 6 nitrogen and oxygen atoms in total. The van der Waals surface area contributed by atoms with E-state index < -0.39 is 5.60 Å². The number of benzene rings is 1. The third-order valence-corrected chi connectivity index (χ3v) is 4.85. The zero-order chi connectivity index (χ0) is 18.0. The summed E-state index contributed by atoms with van der Waals surface area (Å²) in [4.78, 5) is 20.3. The number of halogens is 1. The number of nitrogens with one attached hydrogen (secondary N) is 1. The Labute approximate surface area is 150 Å². The van der Waals surface area contributed by atoms with Crippen LogP contribution >= 0.6 is 0 Å². The molecule has 4 rings (SSSR count). The van der Waals surface area contributed by atoms with Crippen LogP contribution in [-0.4, -0.2) is 35.2 Å². The summed E-state index contributed by atoms with van der Waals surface area (Å²) in [6, 6.07) is 7.99. The second-order valence-electron chi connectivity index (χ2n) is 6.89. The molecule has 0 unspecified atom stereocenters. The van der Waals surface area contributed by atoms with E-state index in [1.54, 1.807) is 24.7 Å². The Balaban J connectivity index is 1.29. The van der Waals surface area contributed by atoms with Gasteiger partial charge in [-0.15, -0.1) is 0 Å².